The van der Waals surface area contributed by atoms with E-state index >= 15 is 0 Å². The fraction of sp³-hybridized carbons (Fsp3) is 0. The molecule has 11 aromatic rings. The van der Waals surface area contributed by atoms with Crippen molar-refractivity contribution in [2.45, 2.75) is 0 Å². The molecule has 282 valence electrons. The first-order valence-corrected chi connectivity index (χ1v) is 20.6. The van der Waals surface area contributed by atoms with Gasteiger partial charge in [0.1, 0.15) is 0 Å². The third-order valence-electron chi connectivity index (χ3n) is 11.8. The summed E-state index contributed by atoms with van der Waals surface area (Å²) in [5, 5.41) is 5.04. The van der Waals surface area contributed by atoms with Crippen molar-refractivity contribution in [1.29, 1.82) is 0 Å². The van der Waals surface area contributed by atoms with Crippen molar-refractivity contribution in [3.8, 4) is 50.2 Å². The number of hydrogen-bond acceptors (Lipinski definition) is 1. The van der Waals surface area contributed by atoms with Crippen molar-refractivity contribution in [2.24, 2.45) is 0 Å². The van der Waals surface area contributed by atoms with E-state index in [2.05, 4.69) is 252 Å². The minimum Gasteiger partial charge on any atom is -0.310 e. The van der Waals surface area contributed by atoms with Crippen LogP contribution in [0.3, 0.4) is 0 Å². The Hall–Kier alpha value is -7.94. The standard InChI is InChI=1S/C58H40N2/c1-4-16-41(17-5-1)46-23-14-24-47(38-46)43-30-33-49(34-31-43)59(50-26-15-25-48(39-50)42-18-6-2-7-19-42)51-35-37-56(54(40-51)44-20-8-3-9-21-44)60-55-29-13-12-28-53(55)58-52-27-11-10-22-45(52)32-36-57(58)60/h1-40H. The van der Waals surface area contributed by atoms with E-state index in [1.807, 2.05) is 0 Å². The molecule has 0 aliphatic rings. The monoisotopic (exact) mass is 764 g/mol. The van der Waals surface area contributed by atoms with Crippen molar-refractivity contribution in [3.05, 3.63) is 243 Å². The highest BCUT2D eigenvalue weighted by Gasteiger charge is 2.21. The molecular weight excluding hydrogens is 725 g/mol. The summed E-state index contributed by atoms with van der Waals surface area (Å²) in [7, 11) is 0. The largest absolute Gasteiger partial charge is 0.310 e. The minimum absolute atomic E-state index is 1.08. The molecule has 0 atom stereocenters. The van der Waals surface area contributed by atoms with Gasteiger partial charge in [0.2, 0.25) is 0 Å². The van der Waals surface area contributed by atoms with Crippen LogP contribution in [0, 0.1) is 0 Å². The van der Waals surface area contributed by atoms with Gasteiger partial charge in [-0.2, -0.15) is 0 Å². The number of hydrogen-bond donors (Lipinski definition) is 0. The van der Waals surface area contributed by atoms with Crippen molar-refractivity contribution in [2.75, 3.05) is 4.90 Å². The molecule has 0 saturated carbocycles. The van der Waals surface area contributed by atoms with E-state index in [-0.39, 0.29) is 0 Å². The zero-order valence-electron chi connectivity index (χ0n) is 33.0. The lowest BCUT2D eigenvalue weighted by Crippen LogP contribution is -2.11. The predicted molar refractivity (Wildman–Crippen MR) is 255 cm³/mol. The van der Waals surface area contributed by atoms with Crippen LogP contribution < -0.4 is 4.90 Å². The van der Waals surface area contributed by atoms with Crippen LogP contribution >= 0.6 is 0 Å². The molecule has 11 rings (SSSR count). The van der Waals surface area contributed by atoms with Gasteiger partial charge in [0, 0.05) is 33.4 Å². The van der Waals surface area contributed by atoms with Gasteiger partial charge in [0.25, 0.3) is 0 Å². The number of para-hydroxylation sites is 1. The average molecular weight is 765 g/mol. The van der Waals surface area contributed by atoms with Gasteiger partial charge in [-0.3, -0.25) is 0 Å². The zero-order chi connectivity index (χ0) is 39.8. The van der Waals surface area contributed by atoms with E-state index in [0.29, 0.717) is 0 Å². The van der Waals surface area contributed by atoms with E-state index in [9.17, 15) is 0 Å². The summed E-state index contributed by atoms with van der Waals surface area (Å²) in [4.78, 5) is 2.40. The van der Waals surface area contributed by atoms with Crippen LogP contribution in [0.25, 0.3) is 82.8 Å². The van der Waals surface area contributed by atoms with Crippen LogP contribution in [0.15, 0.2) is 243 Å². The number of rotatable bonds is 8. The maximum Gasteiger partial charge on any atom is 0.0547 e. The van der Waals surface area contributed by atoms with E-state index in [4.69, 9.17) is 0 Å². The summed E-state index contributed by atoms with van der Waals surface area (Å²) >= 11 is 0. The maximum absolute atomic E-state index is 2.46. The Kier molecular flexibility index (Phi) is 8.87. The first kappa shape index (κ1) is 35.2. The maximum atomic E-state index is 2.46. The first-order valence-electron chi connectivity index (χ1n) is 20.6. The molecule has 0 radical (unpaired) electrons. The lowest BCUT2D eigenvalue weighted by molar-refractivity contribution is 1.18. The molecule has 0 bridgehead atoms. The summed E-state index contributed by atoms with van der Waals surface area (Å²) in [6, 6.07) is 87.9. The van der Waals surface area contributed by atoms with Crippen LogP contribution in [-0.2, 0) is 0 Å². The normalized spacial score (nSPS) is 11.3. The lowest BCUT2D eigenvalue weighted by Gasteiger charge is -2.28. The Balaban J connectivity index is 1.10. The molecule has 60 heavy (non-hydrogen) atoms. The Morgan fingerprint density at radius 2 is 0.800 bits per heavy atom. The van der Waals surface area contributed by atoms with Gasteiger partial charge in [-0.1, -0.05) is 182 Å². The number of aromatic nitrogens is 1. The first-order chi connectivity index (χ1) is 29.8. The van der Waals surface area contributed by atoms with Crippen molar-refractivity contribution in [1.82, 2.24) is 4.57 Å². The number of benzene rings is 10. The van der Waals surface area contributed by atoms with Crippen LogP contribution in [0.5, 0.6) is 0 Å². The van der Waals surface area contributed by atoms with E-state index in [1.54, 1.807) is 0 Å². The smallest absolute Gasteiger partial charge is 0.0547 e. The summed E-state index contributed by atoms with van der Waals surface area (Å²) in [6.45, 7) is 0. The second kappa shape index (κ2) is 15.1. The van der Waals surface area contributed by atoms with Gasteiger partial charge in [-0.05, 0) is 110 Å². The Morgan fingerprint density at radius 3 is 1.50 bits per heavy atom. The SMILES string of the molecule is c1ccc(-c2cccc(-c3ccc(N(c4cccc(-c5ccccc5)c4)c4ccc(-n5c6ccccc6c6c7ccccc7ccc65)c(-c5ccccc5)c4)cc3)c2)cc1. The van der Waals surface area contributed by atoms with Gasteiger partial charge in [0.15, 0.2) is 0 Å². The molecule has 0 N–H and O–H groups in total. The van der Waals surface area contributed by atoms with Crippen molar-refractivity contribution < 1.29 is 0 Å². The molecule has 0 aliphatic carbocycles. The molecule has 1 heterocycles. The highest BCUT2D eigenvalue weighted by molar-refractivity contribution is 6.21. The van der Waals surface area contributed by atoms with Gasteiger partial charge in [0.05, 0.1) is 16.7 Å². The molecule has 1 aromatic heterocycles. The zero-order valence-corrected chi connectivity index (χ0v) is 33.0. The van der Waals surface area contributed by atoms with E-state index < -0.39 is 0 Å². The fourth-order valence-corrected chi connectivity index (χ4v) is 8.92. The van der Waals surface area contributed by atoms with Gasteiger partial charge < -0.3 is 9.47 Å². The fourth-order valence-electron chi connectivity index (χ4n) is 8.92. The quantitative estimate of drug-likeness (QED) is 0.150. The van der Waals surface area contributed by atoms with Gasteiger partial charge in [-0.25, -0.2) is 0 Å². The summed E-state index contributed by atoms with van der Waals surface area (Å²) in [5.74, 6) is 0. The number of fused-ring (bicyclic) bond motifs is 5. The highest BCUT2D eigenvalue weighted by Crippen LogP contribution is 2.44. The number of nitrogens with zero attached hydrogens (tertiary/aromatic N) is 2. The van der Waals surface area contributed by atoms with Crippen LogP contribution in [0.4, 0.5) is 17.1 Å². The van der Waals surface area contributed by atoms with Crippen molar-refractivity contribution >= 4 is 49.6 Å². The Labute approximate surface area is 350 Å². The third kappa shape index (κ3) is 6.32. The molecule has 0 aliphatic heterocycles. The predicted octanol–water partition coefficient (Wildman–Crippen LogP) is 16.1. The van der Waals surface area contributed by atoms with Crippen LogP contribution in [0.2, 0.25) is 0 Å². The molecule has 2 heteroatoms. The molecule has 10 aromatic carbocycles. The molecule has 0 unspecified atom stereocenters. The number of anilines is 3. The summed E-state index contributed by atoms with van der Waals surface area (Å²) in [6.07, 6.45) is 0. The van der Waals surface area contributed by atoms with Crippen LogP contribution in [0.1, 0.15) is 0 Å². The summed E-state index contributed by atoms with van der Waals surface area (Å²) in [5.41, 5.74) is 16.2. The lowest BCUT2D eigenvalue weighted by atomic mass is 9.98. The van der Waals surface area contributed by atoms with E-state index in [1.165, 1.54) is 66.0 Å². The minimum atomic E-state index is 1.08. The Bertz CT molecular complexity index is 3290. The summed E-state index contributed by atoms with van der Waals surface area (Å²) < 4.78 is 2.46. The topological polar surface area (TPSA) is 8.17 Å². The molecule has 0 saturated heterocycles. The molecule has 2 nitrogen and oxygen atoms in total. The molecule has 0 amide bonds. The molecule has 0 fully saturated rings. The van der Waals surface area contributed by atoms with Crippen LogP contribution in [-0.4, -0.2) is 4.57 Å². The molecular formula is C58H40N2. The van der Waals surface area contributed by atoms with Gasteiger partial charge in [-0.15, -0.1) is 0 Å². The second-order valence-electron chi connectivity index (χ2n) is 15.3. The average Bonchev–Trinajstić information content (AvgIpc) is 3.67. The Morgan fingerprint density at radius 1 is 0.283 bits per heavy atom. The van der Waals surface area contributed by atoms with E-state index in [0.717, 1.165) is 33.9 Å². The highest BCUT2D eigenvalue weighted by atomic mass is 15.1. The van der Waals surface area contributed by atoms with Crippen molar-refractivity contribution in [3.63, 3.8) is 0 Å². The second-order valence-corrected chi connectivity index (χ2v) is 15.3. The van der Waals surface area contributed by atoms with Gasteiger partial charge >= 0.3 is 0 Å². The molecule has 0 spiro atoms. The third-order valence-corrected chi connectivity index (χ3v) is 11.8.